The van der Waals surface area contributed by atoms with Crippen molar-refractivity contribution in [1.29, 1.82) is 0 Å². The minimum Gasteiger partial charge on any atom is -0.480 e. The van der Waals surface area contributed by atoms with Crippen LogP contribution in [-0.2, 0) is 4.79 Å². The van der Waals surface area contributed by atoms with Crippen molar-refractivity contribution in [3.8, 4) is 0 Å². The Hall–Kier alpha value is -1.52. The number of amides is 2. The maximum atomic E-state index is 12.1. The number of nitrogens with zero attached hydrogens (tertiary/aromatic N) is 1. The standard InChI is InChI=1S/C13H22N2O3/c1-4-8-13(3,11(16)17)14-12(18)15(9-5-2)10-6-7-10/h5,10H,2,4,6-9H2,1,3H3,(H,14,18)(H,16,17). The molecule has 0 heterocycles. The summed E-state index contributed by atoms with van der Waals surface area (Å²) in [4.78, 5) is 25.0. The highest BCUT2D eigenvalue weighted by molar-refractivity contribution is 5.86. The molecule has 1 aliphatic rings. The number of hydrogen-bond acceptors (Lipinski definition) is 2. The van der Waals surface area contributed by atoms with Crippen molar-refractivity contribution in [2.24, 2.45) is 0 Å². The minimum atomic E-state index is -1.19. The van der Waals surface area contributed by atoms with Crippen LogP contribution < -0.4 is 5.32 Å². The van der Waals surface area contributed by atoms with Crippen LogP contribution in [0.1, 0.15) is 39.5 Å². The summed E-state index contributed by atoms with van der Waals surface area (Å²) in [6.07, 6.45) is 4.75. The molecule has 1 unspecified atom stereocenters. The maximum Gasteiger partial charge on any atom is 0.329 e. The molecule has 0 aliphatic heterocycles. The number of carboxylic acids is 1. The van der Waals surface area contributed by atoms with E-state index in [0.717, 1.165) is 12.8 Å². The highest BCUT2D eigenvalue weighted by Gasteiger charge is 2.38. The van der Waals surface area contributed by atoms with Gasteiger partial charge in [0.1, 0.15) is 5.54 Å². The van der Waals surface area contributed by atoms with E-state index >= 15 is 0 Å². The van der Waals surface area contributed by atoms with E-state index in [1.165, 1.54) is 0 Å². The van der Waals surface area contributed by atoms with E-state index in [2.05, 4.69) is 11.9 Å². The summed E-state index contributed by atoms with van der Waals surface area (Å²) >= 11 is 0. The van der Waals surface area contributed by atoms with Gasteiger partial charge in [-0.05, 0) is 26.2 Å². The molecule has 0 aromatic heterocycles. The second-order valence-electron chi connectivity index (χ2n) is 4.99. The number of carbonyl (C=O) groups is 2. The smallest absolute Gasteiger partial charge is 0.329 e. The fourth-order valence-electron chi connectivity index (χ4n) is 1.95. The zero-order valence-electron chi connectivity index (χ0n) is 11.1. The Morgan fingerprint density at radius 1 is 1.56 bits per heavy atom. The number of aliphatic carboxylic acids is 1. The first-order chi connectivity index (χ1) is 8.44. The van der Waals surface area contributed by atoms with Crippen LogP contribution in [0.5, 0.6) is 0 Å². The molecular formula is C13H22N2O3. The lowest BCUT2D eigenvalue weighted by Crippen LogP contribution is -2.56. The molecule has 0 aromatic carbocycles. The van der Waals surface area contributed by atoms with E-state index in [1.54, 1.807) is 17.9 Å². The van der Waals surface area contributed by atoms with Crippen molar-refractivity contribution in [1.82, 2.24) is 10.2 Å². The number of carboxylic acid groups (broad SMARTS) is 1. The number of carbonyl (C=O) groups excluding carboxylic acids is 1. The molecule has 0 bridgehead atoms. The highest BCUT2D eigenvalue weighted by Crippen LogP contribution is 2.27. The normalized spacial score (nSPS) is 17.7. The highest BCUT2D eigenvalue weighted by atomic mass is 16.4. The van der Waals surface area contributed by atoms with Gasteiger partial charge in [0.2, 0.25) is 0 Å². The van der Waals surface area contributed by atoms with Gasteiger partial charge in [-0.1, -0.05) is 19.4 Å². The van der Waals surface area contributed by atoms with Crippen LogP contribution in [-0.4, -0.2) is 40.1 Å². The Kier molecular flexibility index (Phi) is 4.76. The Balaban J connectivity index is 2.69. The lowest BCUT2D eigenvalue weighted by Gasteiger charge is -2.30. The van der Waals surface area contributed by atoms with E-state index in [4.69, 9.17) is 0 Å². The molecule has 2 amide bonds. The van der Waals surface area contributed by atoms with Gasteiger partial charge >= 0.3 is 12.0 Å². The van der Waals surface area contributed by atoms with E-state index in [0.29, 0.717) is 19.4 Å². The van der Waals surface area contributed by atoms with E-state index in [-0.39, 0.29) is 12.1 Å². The molecule has 5 nitrogen and oxygen atoms in total. The molecule has 102 valence electrons. The van der Waals surface area contributed by atoms with Gasteiger partial charge in [-0.2, -0.15) is 0 Å². The number of hydrogen-bond donors (Lipinski definition) is 2. The average molecular weight is 254 g/mol. The molecule has 5 heteroatoms. The van der Waals surface area contributed by atoms with Gasteiger partial charge in [-0.15, -0.1) is 6.58 Å². The van der Waals surface area contributed by atoms with Gasteiger partial charge in [-0.25, -0.2) is 9.59 Å². The number of nitrogens with one attached hydrogen (secondary N) is 1. The number of rotatable bonds is 7. The molecule has 0 spiro atoms. The van der Waals surface area contributed by atoms with Crippen LogP contribution in [0, 0.1) is 0 Å². The molecule has 0 saturated heterocycles. The molecular weight excluding hydrogens is 232 g/mol. The second-order valence-corrected chi connectivity index (χ2v) is 4.99. The predicted molar refractivity (Wildman–Crippen MR) is 69.4 cm³/mol. The van der Waals surface area contributed by atoms with Gasteiger partial charge in [-0.3, -0.25) is 0 Å². The summed E-state index contributed by atoms with van der Waals surface area (Å²) in [6, 6.07) is -0.0709. The molecule has 1 rings (SSSR count). The third-order valence-corrected chi connectivity index (χ3v) is 3.18. The van der Waals surface area contributed by atoms with Gasteiger partial charge in [0.05, 0.1) is 0 Å². The zero-order valence-corrected chi connectivity index (χ0v) is 11.1. The summed E-state index contributed by atoms with van der Waals surface area (Å²) in [6.45, 7) is 7.53. The van der Waals surface area contributed by atoms with Crippen LogP contribution in [0.15, 0.2) is 12.7 Å². The number of urea groups is 1. The van der Waals surface area contributed by atoms with Gasteiger partial charge in [0.15, 0.2) is 0 Å². The monoisotopic (exact) mass is 254 g/mol. The lowest BCUT2D eigenvalue weighted by atomic mass is 9.96. The molecule has 1 atom stereocenters. The van der Waals surface area contributed by atoms with Crippen molar-refractivity contribution >= 4 is 12.0 Å². The van der Waals surface area contributed by atoms with Crippen molar-refractivity contribution in [2.45, 2.75) is 51.1 Å². The van der Waals surface area contributed by atoms with Crippen LogP contribution in [0.3, 0.4) is 0 Å². The third kappa shape index (κ3) is 3.48. The zero-order chi connectivity index (χ0) is 13.8. The van der Waals surface area contributed by atoms with E-state index in [1.807, 2.05) is 6.92 Å². The Bertz CT molecular complexity index is 339. The topological polar surface area (TPSA) is 69.6 Å². The van der Waals surface area contributed by atoms with Crippen molar-refractivity contribution in [2.75, 3.05) is 6.54 Å². The first-order valence-corrected chi connectivity index (χ1v) is 6.37. The Labute approximate surface area is 108 Å². The Morgan fingerprint density at radius 3 is 2.56 bits per heavy atom. The minimum absolute atomic E-state index is 0.239. The maximum absolute atomic E-state index is 12.1. The van der Waals surface area contributed by atoms with E-state index in [9.17, 15) is 14.7 Å². The predicted octanol–water partition coefficient (Wildman–Crippen LogP) is 1.99. The van der Waals surface area contributed by atoms with Crippen molar-refractivity contribution in [3.63, 3.8) is 0 Å². The van der Waals surface area contributed by atoms with Gasteiger partial charge in [0, 0.05) is 12.6 Å². The third-order valence-electron chi connectivity index (χ3n) is 3.18. The van der Waals surface area contributed by atoms with E-state index < -0.39 is 11.5 Å². The molecule has 1 fully saturated rings. The fraction of sp³-hybridized carbons (Fsp3) is 0.692. The van der Waals surface area contributed by atoms with Gasteiger partial charge < -0.3 is 15.3 Å². The van der Waals surface area contributed by atoms with Crippen molar-refractivity contribution < 1.29 is 14.7 Å². The summed E-state index contributed by atoms with van der Waals surface area (Å²) in [5, 5.41) is 11.9. The summed E-state index contributed by atoms with van der Waals surface area (Å²) in [7, 11) is 0. The first-order valence-electron chi connectivity index (χ1n) is 6.37. The van der Waals surface area contributed by atoms with Crippen LogP contribution in [0.4, 0.5) is 4.79 Å². The molecule has 2 N–H and O–H groups in total. The molecule has 0 aromatic rings. The molecule has 1 saturated carbocycles. The second kappa shape index (κ2) is 5.89. The molecule has 0 radical (unpaired) electrons. The Morgan fingerprint density at radius 2 is 2.17 bits per heavy atom. The SMILES string of the molecule is C=CCN(C(=O)NC(C)(CCC)C(=O)O)C1CC1. The summed E-state index contributed by atoms with van der Waals surface area (Å²) < 4.78 is 0. The lowest BCUT2D eigenvalue weighted by molar-refractivity contribution is -0.144. The fourth-order valence-corrected chi connectivity index (χ4v) is 1.95. The van der Waals surface area contributed by atoms with Crippen molar-refractivity contribution in [3.05, 3.63) is 12.7 Å². The largest absolute Gasteiger partial charge is 0.480 e. The summed E-state index contributed by atoms with van der Waals surface area (Å²) in [5.41, 5.74) is -1.19. The van der Waals surface area contributed by atoms with Crippen LogP contribution >= 0.6 is 0 Å². The first kappa shape index (κ1) is 14.5. The average Bonchev–Trinajstić information content (AvgIpc) is 3.09. The van der Waals surface area contributed by atoms with Gasteiger partial charge in [0.25, 0.3) is 0 Å². The quantitative estimate of drug-likeness (QED) is 0.683. The summed E-state index contributed by atoms with van der Waals surface area (Å²) in [5.74, 6) is -0.993. The molecule has 1 aliphatic carbocycles. The van der Waals surface area contributed by atoms with Crippen LogP contribution in [0.25, 0.3) is 0 Å². The van der Waals surface area contributed by atoms with Crippen LogP contribution in [0.2, 0.25) is 0 Å². The molecule has 18 heavy (non-hydrogen) atoms.